The Bertz CT molecular complexity index is 505. The molecule has 6 heteroatoms. The molecular formula is C10H10FNO3S. The lowest BCUT2D eigenvalue weighted by Crippen LogP contribution is -2.25. The Kier molecular flexibility index (Phi) is 2.67. The largest absolute Gasteiger partial charge is 0.349 e. The van der Waals surface area contributed by atoms with Crippen molar-refractivity contribution in [2.45, 2.75) is 23.8 Å². The fourth-order valence-electron chi connectivity index (χ4n) is 1.27. The van der Waals surface area contributed by atoms with Gasteiger partial charge in [-0.3, -0.25) is 4.79 Å². The van der Waals surface area contributed by atoms with E-state index in [1.165, 1.54) is 12.1 Å². The molecular weight excluding hydrogens is 233 g/mol. The molecule has 1 aliphatic rings. The molecule has 1 aromatic rings. The third-order valence-corrected chi connectivity index (χ3v) is 3.15. The van der Waals surface area contributed by atoms with E-state index in [1.54, 1.807) is 0 Å². The predicted molar refractivity (Wildman–Crippen MR) is 55.2 cm³/mol. The smallest absolute Gasteiger partial charge is 0.332 e. The van der Waals surface area contributed by atoms with E-state index >= 15 is 0 Å². The summed E-state index contributed by atoms with van der Waals surface area (Å²) < 4.78 is 33.6. The maximum Gasteiger partial charge on any atom is 0.332 e. The lowest BCUT2D eigenvalue weighted by atomic mass is 10.2. The summed E-state index contributed by atoms with van der Waals surface area (Å²) in [5, 5.41) is 2.75. The van der Waals surface area contributed by atoms with Crippen molar-refractivity contribution < 1.29 is 17.1 Å². The molecule has 0 unspecified atom stereocenters. The fraction of sp³-hybridized carbons (Fsp3) is 0.300. The molecule has 0 aliphatic heterocycles. The topological polar surface area (TPSA) is 63.2 Å². The second-order valence-electron chi connectivity index (χ2n) is 3.71. The van der Waals surface area contributed by atoms with Gasteiger partial charge < -0.3 is 5.32 Å². The molecule has 0 saturated heterocycles. The summed E-state index contributed by atoms with van der Waals surface area (Å²) in [5.41, 5.74) is 0.333. The Morgan fingerprint density at radius 1 is 1.25 bits per heavy atom. The van der Waals surface area contributed by atoms with Crippen molar-refractivity contribution in [3.05, 3.63) is 29.8 Å². The van der Waals surface area contributed by atoms with Crippen LogP contribution in [0.25, 0.3) is 0 Å². The highest BCUT2D eigenvalue weighted by Crippen LogP contribution is 2.19. The summed E-state index contributed by atoms with van der Waals surface area (Å²) in [6, 6.07) is 4.99. The molecule has 0 heterocycles. The van der Waals surface area contributed by atoms with Crippen LogP contribution in [0.2, 0.25) is 0 Å². The van der Waals surface area contributed by atoms with Crippen molar-refractivity contribution >= 4 is 16.1 Å². The number of halogens is 1. The number of amides is 1. The van der Waals surface area contributed by atoms with Gasteiger partial charge in [0.15, 0.2) is 0 Å². The van der Waals surface area contributed by atoms with E-state index < -0.39 is 15.1 Å². The maximum atomic E-state index is 12.5. The molecule has 0 spiro atoms. The summed E-state index contributed by atoms with van der Waals surface area (Å²) in [6.07, 6.45) is 1.95. The SMILES string of the molecule is O=C(NC1CC1)c1ccc(S(=O)(=O)F)cc1. The van der Waals surface area contributed by atoms with E-state index in [9.17, 15) is 17.1 Å². The lowest BCUT2D eigenvalue weighted by molar-refractivity contribution is 0.0951. The van der Waals surface area contributed by atoms with Crippen LogP contribution in [0, 0.1) is 0 Å². The zero-order valence-electron chi connectivity index (χ0n) is 8.31. The van der Waals surface area contributed by atoms with E-state index in [0.717, 1.165) is 25.0 Å². The molecule has 4 nitrogen and oxygen atoms in total. The third-order valence-electron chi connectivity index (χ3n) is 2.31. The Hall–Kier alpha value is -1.43. The quantitative estimate of drug-likeness (QED) is 0.812. The molecule has 1 N–H and O–H groups in total. The number of rotatable bonds is 3. The van der Waals surface area contributed by atoms with Gasteiger partial charge in [-0.1, -0.05) is 0 Å². The number of hydrogen-bond donors (Lipinski definition) is 1. The normalized spacial score (nSPS) is 15.8. The van der Waals surface area contributed by atoms with Crippen LogP contribution < -0.4 is 5.32 Å². The summed E-state index contributed by atoms with van der Waals surface area (Å²) in [7, 11) is -4.69. The Morgan fingerprint density at radius 2 is 1.81 bits per heavy atom. The van der Waals surface area contributed by atoms with Crippen molar-refractivity contribution in [2.24, 2.45) is 0 Å². The lowest BCUT2D eigenvalue weighted by Gasteiger charge is -2.03. The first kappa shape index (κ1) is 11.1. The molecule has 1 saturated carbocycles. The minimum atomic E-state index is -4.69. The number of carbonyl (C=O) groups is 1. The average Bonchev–Trinajstić information content (AvgIpc) is 3.00. The minimum absolute atomic E-state index is 0.233. The van der Waals surface area contributed by atoms with Crippen molar-refractivity contribution in [1.29, 1.82) is 0 Å². The van der Waals surface area contributed by atoms with Crippen molar-refractivity contribution in [1.82, 2.24) is 5.32 Å². The predicted octanol–water partition coefficient (Wildman–Crippen LogP) is 1.24. The van der Waals surface area contributed by atoms with Gasteiger partial charge in [0.05, 0.1) is 4.90 Å². The molecule has 1 aliphatic carbocycles. The molecule has 16 heavy (non-hydrogen) atoms. The van der Waals surface area contributed by atoms with Crippen LogP contribution in [0.5, 0.6) is 0 Å². The summed E-state index contributed by atoms with van der Waals surface area (Å²) in [5.74, 6) is -0.259. The van der Waals surface area contributed by atoms with Crippen molar-refractivity contribution in [3.63, 3.8) is 0 Å². The first-order chi connectivity index (χ1) is 7.47. The van der Waals surface area contributed by atoms with Gasteiger partial charge in [-0.25, -0.2) is 0 Å². The molecule has 86 valence electrons. The van der Waals surface area contributed by atoms with Gasteiger partial charge in [0, 0.05) is 11.6 Å². The first-order valence-electron chi connectivity index (χ1n) is 4.82. The molecule has 0 aromatic heterocycles. The van der Waals surface area contributed by atoms with Gasteiger partial charge in [-0.2, -0.15) is 8.42 Å². The molecule has 0 radical (unpaired) electrons. The van der Waals surface area contributed by atoms with Gasteiger partial charge >= 0.3 is 10.2 Å². The minimum Gasteiger partial charge on any atom is -0.349 e. The third kappa shape index (κ3) is 2.57. The monoisotopic (exact) mass is 243 g/mol. The van der Waals surface area contributed by atoms with Crippen LogP contribution in [0.1, 0.15) is 23.2 Å². The van der Waals surface area contributed by atoms with Crippen molar-refractivity contribution in [2.75, 3.05) is 0 Å². The van der Waals surface area contributed by atoms with E-state index in [1.807, 2.05) is 0 Å². The van der Waals surface area contributed by atoms with Gasteiger partial charge in [0.2, 0.25) is 0 Å². The van der Waals surface area contributed by atoms with Crippen LogP contribution in [0.3, 0.4) is 0 Å². The Morgan fingerprint density at radius 3 is 2.25 bits per heavy atom. The maximum absolute atomic E-state index is 12.5. The fourth-order valence-corrected chi connectivity index (χ4v) is 1.73. The number of hydrogen-bond acceptors (Lipinski definition) is 3. The van der Waals surface area contributed by atoms with E-state index in [2.05, 4.69) is 5.32 Å². The number of benzene rings is 1. The molecule has 0 atom stereocenters. The summed E-state index contributed by atoms with van der Waals surface area (Å²) >= 11 is 0. The second-order valence-corrected chi connectivity index (χ2v) is 5.06. The number of nitrogens with one attached hydrogen (secondary N) is 1. The van der Waals surface area contributed by atoms with Crippen LogP contribution in [0.4, 0.5) is 3.89 Å². The molecule has 1 amide bonds. The number of carbonyl (C=O) groups excluding carboxylic acids is 1. The molecule has 1 aromatic carbocycles. The van der Waals surface area contributed by atoms with E-state index in [0.29, 0.717) is 5.56 Å². The molecule has 0 bridgehead atoms. The molecule has 1 fully saturated rings. The standard InChI is InChI=1S/C10H10FNO3S/c11-16(14,15)9-5-1-7(2-6-9)10(13)12-8-3-4-8/h1-2,5-6,8H,3-4H2,(H,12,13). The van der Waals surface area contributed by atoms with Gasteiger partial charge in [0.1, 0.15) is 0 Å². The second kappa shape index (κ2) is 3.86. The van der Waals surface area contributed by atoms with E-state index in [4.69, 9.17) is 0 Å². The van der Waals surface area contributed by atoms with Crippen LogP contribution in [-0.2, 0) is 10.2 Å². The van der Waals surface area contributed by atoms with Crippen LogP contribution in [-0.4, -0.2) is 20.4 Å². The average molecular weight is 243 g/mol. The highest BCUT2D eigenvalue weighted by atomic mass is 32.3. The highest BCUT2D eigenvalue weighted by molar-refractivity contribution is 7.86. The molecule has 2 rings (SSSR count). The highest BCUT2D eigenvalue weighted by Gasteiger charge is 2.23. The summed E-state index contributed by atoms with van der Waals surface area (Å²) in [6.45, 7) is 0. The van der Waals surface area contributed by atoms with Crippen LogP contribution >= 0.6 is 0 Å². The van der Waals surface area contributed by atoms with Gasteiger partial charge in [-0.05, 0) is 37.1 Å². The summed E-state index contributed by atoms with van der Waals surface area (Å²) in [4.78, 5) is 11.1. The Labute approximate surface area is 92.7 Å². The van der Waals surface area contributed by atoms with Crippen molar-refractivity contribution in [3.8, 4) is 0 Å². The zero-order chi connectivity index (χ0) is 11.8. The van der Waals surface area contributed by atoms with E-state index in [-0.39, 0.29) is 11.9 Å². The van der Waals surface area contributed by atoms with Gasteiger partial charge in [-0.15, -0.1) is 3.89 Å². The zero-order valence-corrected chi connectivity index (χ0v) is 9.13. The van der Waals surface area contributed by atoms with Crippen LogP contribution in [0.15, 0.2) is 29.2 Å². The Balaban J connectivity index is 2.15. The van der Waals surface area contributed by atoms with Gasteiger partial charge in [0.25, 0.3) is 5.91 Å². The first-order valence-corrected chi connectivity index (χ1v) is 6.21.